The summed E-state index contributed by atoms with van der Waals surface area (Å²) in [6.45, 7) is 2.97. The molecule has 1 atom stereocenters. The molecule has 0 aromatic carbocycles. The molecule has 2 N–H and O–H groups in total. The van der Waals surface area contributed by atoms with Gasteiger partial charge < -0.3 is 10.5 Å². The zero-order valence-electron chi connectivity index (χ0n) is 12.3. The highest BCUT2D eigenvalue weighted by atomic mass is 16.5. The van der Waals surface area contributed by atoms with Crippen molar-refractivity contribution in [2.45, 2.75) is 82.0 Å². The van der Waals surface area contributed by atoms with Crippen molar-refractivity contribution in [2.75, 3.05) is 19.6 Å². The predicted molar refractivity (Wildman–Crippen MR) is 78.2 cm³/mol. The summed E-state index contributed by atoms with van der Waals surface area (Å²) in [6, 6.07) is 0.801. The molecule has 1 heterocycles. The molecule has 0 aromatic heterocycles. The first kappa shape index (κ1) is 13.8. The lowest BCUT2D eigenvalue weighted by molar-refractivity contribution is -0.0771. The molecule has 19 heavy (non-hydrogen) atoms. The average molecular weight is 266 g/mol. The Morgan fingerprint density at radius 1 is 1.00 bits per heavy atom. The third-order valence-electron chi connectivity index (χ3n) is 5.55. The SMILES string of the molecule is NCCN(CC1CCC2(CCCCC2)O1)C1CCC1. The van der Waals surface area contributed by atoms with E-state index < -0.39 is 0 Å². The summed E-state index contributed by atoms with van der Waals surface area (Å²) in [5.74, 6) is 0. The Balaban J connectivity index is 1.51. The van der Waals surface area contributed by atoms with Crippen molar-refractivity contribution in [2.24, 2.45) is 5.73 Å². The number of nitrogens with zero attached hydrogens (tertiary/aromatic N) is 1. The van der Waals surface area contributed by atoms with Gasteiger partial charge in [0.15, 0.2) is 0 Å². The third-order valence-corrected chi connectivity index (χ3v) is 5.55. The van der Waals surface area contributed by atoms with Crippen LogP contribution in [0, 0.1) is 0 Å². The van der Waals surface area contributed by atoms with Crippen molar-refractivity contribution < 1.29 is 4.74 Å². The smallest absolute Gasteiger partial charge is 0.0710 e. The van der Waals surface area contributed by atoms with E-state index >= 15 is 0 Å². The minimum atomic E-state index is 0.275. The van der Waals surface area contributed by atoms with Gasteiger partial charge in [-0.1, -0.05) is 25.7 Å². The van der Waals surface area contributed by atoms with Crippen molar-refractivity contribution >= 4 is 0 Å². The molecule has 0 radical (unpaired) electrons. The van der Waals surface area contributed by atoms with Crippen molar-refractivity contribution in [3.05, 3.63) is 0 Å². The molecule has 0 amide bonds. The first-order valence-corrected chi connectivity index (χ1v) is 8.43. The second-order valence-electron chi connectivity index (χ2n) is 6.89. The molecule has 1 saturated heterocycles. The van der Waals surface area contributed by atoms with Crippen LogP contribution in [0.25, 0.3) is 0 Å². The topological polar surface area (TPSA) is 38.5 Å². The number of hydrogen-bond acceptors (Lipinski definition) is 3. The molecular weight excluding hydrogens is 236 g/mol. The molecule has 1 unspecified atom stereocenters. The number of ether oxygens (including phenoxy) is 1. The highest BCUT2D eigenvalue weighted by Gasteiger charge is 2.41. The van der Waals surface area contributed by atoms with Gasteiger partial charge in [0.25, 0.3) is 0 Å². The van der Waals surface area contributed by atoms with Gasteiger partial charge in [-0.25, -0.2) is 0 Å². The number of rotatable bonds is 5. The number of nitrogens with two attached hydrogens (primary N) is 1. The van der Waals surface area contributed by atoms with Crippen molar-refractivity contribution in [3.8, 4) is 0 Å². The highest BCUT2D eigenvalue weighted by molar-refractivity contribution is 4.93. The molecule has 110 valence electrons. The maximum absolute atomic E-state index is 6.50. The second-order valence-corrected chi connectivity index (χ2v) is 6.89. The maximum atomic E-state index is 6.50. The molecular formula is C16H30N2O. The van der Waals surface area contributed by atoms with Gasteiger partial charge in [0, 0.05) is 25.7 Å². The zero-order valence-corrected chi connectivity index (χ0v) is 12.3. The van der Waals surface area contributed by atoms with E-state index in [-0.39, 0.29) is 5.60 Å². The van der Waals surface area contributed by atoms with Crippen LogP contribution in [0.4, 0.5) is 0 Å². The van der Waals surface area contributed by atoms with Crippen LogP contribution >= 0.6 is 0 Å². The molecule has 0 aromatic rings. The lowest BCUT2D eigenvalue weighted by Crippen LogP contribution is -2.46. The Morgan fingerprint density at radius 3 is 2.42 bits per heavy atom. The van der Waals surface area contributed by atoms with Crippen LogP contribution in [0.2, 0.25) is 0 Å². The summed E-state index contributed by atoms with van der Waals surface area (Å²) >= 11 is 0. The molecule has 3 aliphatic rings. The van der Waals surface area contributed by atoms with E-state index in [1.807, 2.05) is 0 Å². The van der Waals surface area contributed by atoms with Crippen molar-refractivity contribution in [3.63, 3.8) is 0 Å². The Kier molecular flexibility index (Phi) is 4.45. The Hall–Kier alpha value is -0.120. The Labute approximate surface area is 117 Å². The van der Waals surface area contributed by atoms with E-state index in [0.29, 0.717) is 6.10 Å². The molecule has 2 aliphatic carbocycles. The quantitative estimate of drug-likeness (QED) is 0.831. The first-order valence-electron chi connectivity index (χ1n) is 8.43. The van der Waals surface area contributed by atoms with E-state index in [1.165, 1.54) is 64.2 Å². The van der Waals surface area contributed by atoms with Gasteiger partial charge in [-0.05, 0) is 38.5 Å². The fourth-order valence-corrected chi connectivity index (χ4v) is 4.19. The Morgan fingerprint density at radius 2 is 1.79 bits per heavy atom. The summed E-state index contributed by atoms with van der Waals surface area (Å²) in [4.78, 5) is 2.61. The van der Waals surface area contributed by atoms with Crippen molar-refractivity contribution in [1.29, 1.82) is 0 Å². The average Bonchev–Trinajstić information content (AvgIpc) is 2.71. The molecule has 1 spiro atoms. The van der Waals surface area contributed by atoms with Gasteiger partial charge in [0.1, 0.15) is 0 Å². The predicted octanol–water partition coefficient (Wildman–Crippen LogP) is 2.68. The minimum absolute atomic E-state index is 0.275. The Bertz CT molecular complexity index is 284. The molecule has 2 saturated carbocycles. The molecule has 3 rings (SSSR count). The van der Waals surface area contributed by atoms with Gasteiger partial charge in [-0.2, -0.15) is 0 Å². The van der Waals surface area contributed by atoms with E-state index in [2.05, 4.69) is 4.90 Å². The monoisotopic (exact) mass is 266 g/mol. The largest absolute Gasteiger partial charge is 0.370 e. The summed E-state index contributed by atoms with van der Waals surface area (Å²) in [5, 5.41) is 0. The van der Waals surface area contributed by atoms with Gasteiger partial charge in [0.2, 0.25) is 0 Å². The summed E-state index contributed by atoms with van der Waals surface area (Å²) in [6.07, 6.45) is 14.0. The standard InChI is InChI=1S/C16H30N2O/c17-11-12-18(14-5-4-6-14)13-15-7-10-16(19-15)8-2-1-3-9-16/h14-15H,1-13,17H2. The maximum Gasteiger partial charge on any atom is 0.0710 e. The highest BCUT2D eigenvalue weighted by Crippen LogP contribution is 2.42. The van der Waals surface area contributed by atoms with Crippen LogP contribution in [-0.2, 0) is 4.74 Å². The summed E-state index contributed by atoms with van der Waals surface area (Å²) in [7, 11) is 0. The van der Waals surface area contributed by atoms with Gasteiger partial charge in [-0.15, -0.1) is 0 Å². The van der Waals surface area contributed by atoms with Crippen LogP contribution < -0.4 is 5.73 Å². The third kappa shape index (κ3) is 3.14. The first-order chi connectivity index (χ1) is 9.31. The fourth-order valence-electron chi connectivity index (χ4n) is 4.19. The lowest BCUT2D eigenvalue weighted by Gasteiger charge is -2.39. The van der Waals surface area contributed by atoms with Crippen LogP contribution in [0.3, 0.4) is 0 Å². The van der Waals surface area contributed by atoms with E-state index in [1.54, 1.807) is 0 Å². The van der Waals surface area contributed by atoms with Crippen LogP contribution in [-0.4, -0.2) is 42.3 Å². The molecule has 3 heteroatoms. The van der Waals surface area contributed by atoms with Gasteiger partial charge in [-0.3, -0.25) is 4.90 Å². The van der Waals surface area contributed by atoms with Gasteiger partial charge >= 0.3 is 0 Å². The van der Waals surface area contributed by atoms with Crippen LogP contribution in [0.1, 0.15) is 64.2 Å². The summed E-state index contributed by atoms with van der Waals surface area (Å²) in [5.41, 5.74) is 6.05. The minimum Gasteiger partial charge on any atom is -0.370 e. The molecule has 0 bridgehead atoms. The van der Waals surface area contributed by atoms with Crippen LogP contribution in [0.15, 0.2) is 0 Å². The normalized spacial score (nSPS) is 30.9. The molecule has 1 aliphatic heterocycles. The summed E-state index contributed by atoms with van der Waals surface area (Å²) < 4.78 is 6.50. The lowest BCUT2D eigenvalue weighted by atomic mass is 9.83. The van der Waals surface area contributed by atoms with E-state index in [4.69, 9.17) is 10.5 Å². The molecule has 3 fully saturated rings. The fraction of sp³-hybridized carbons (Fsp3) is 1.00. The van der Waals surface area contributed by atoms with Crippen molar-refractivity contribution in [1.82, 2.24) is 4.90 Å². The zero-order chi connectivity index (χ0) is 13.1. The molecule has 3 nitrogen and oxygen atoms in total. The van der Waals surface area contributed by atoms with E-state index in [9.17, 15) is 0 Å². The number of hydrogen-bond donors (Lipinski definition) is 1. The van der Waals surface area contributed by atoms with Gasteiger partial charge in [0.05, 0.1) is 11.7 Å². The van der Waals surface area contributed by atoms with Crippen LogP contribution in [0.5, 0.6) is 0 Å². The second kappa shape index (κ2) is 6.11. The van der Waals surface area contributed by atoms with E-state index in [0.717, 1.165) is 25.7 Å².